The summed E-state index contributed by atoms with van der Waals surface area (Å²) in [6, 6.07) is 5.53. The molecule has 2 nitrogen and oxygen atoms in total. The van der Waals surface area contributed by atoms with Gasteiger partial charge in [0.15, 0.2) is 0 Å². The molecule has 1 radical (unpaired) electrons. The van der Waals surface area contributed by atoms with Gasteiger partial charge in [-0.2, -0.15) is 0 Å². The number of hydrogen-bond acceptors (Lipinski definition) is 2. The van der Waals surface area contributed by atoms with E-state index in [4.69, 9.17) is 4.74 Å². The quantitative estimate of drug-likeness (QED) is 0.617. The minimum absolute atomic E-state index is 0.0464. The zero-order valence-electron chi connectivity index (χ0n) is 5.95. The van der Waals surface area contributed by atoms with Crippen molar-refractivity contribution in [3.63, 3.8) is 0 Å². The van der Waals surface area contributed by atoms with Crippen molar-refractivity contribution >= 4 is 0 Å². The van der Waals surface area contributed by atoms with Crippen LogP contribution in [0.1, 0.15) is 6.92 Å². The molecule has 0 aliphatic heterocycles. The standard InChI is InChI=1S/C8H10NO/c1-7(2)10-8-5-3-4-6-9-8/h3-7H,1H2,2H3. The molecule has 0 amide bonds. The van der Waals surface area contributed by atoms with E-state index < -0.39 is 0 Å². The first-order chi connectivity index (χ1) is 4.79. The maximum Gasteiger partial charge on any atom is 0.213 e. The fraction of sp³-hybridized carbons (Fsp3) is 0.250. The van der Waals surface area contributed by atoms with Gasteiger partial charge in [0.2, 0.25) is 5.88 Å². The van der Waals surface area contributed by atoms with Crippen molar-refractivity contribution in [1.29, 1.82) is 0 Å². The Morgan fingerprint density at radius 3 is 2.90 bits per heavy atom. The molecule has 0 N–H and O–H groups in total. The SMILES string of the molecule is [CH2]C(C)Oc1ccccn1. The minimum atomic E-state index is -0.0464. The Bertz CT molecular complexity index is 184. The maximum atomic E-state index is 5.19. The zero-order valence-corrected chi connectivity index (χ0v) is 5.95. The summed E-state index contributed by atoms with van der Waals surface area (Å²) in [6.07, 6.45) is 1.65. The van der Waals surface area contributed by atoms with Crippen molar-refractivity contribution in [2.24, 2.45) is 0 Å². The molecule has 53 valence electrons. The third-order valence-electron chi connectivity index (χ3n) is 0.960. The third kappa shape index (κ3) is 2.05. The summed E-state index contributed by atoms with van der Waals surface area (Å²) >= 11 is 0. The zero-order chi connectivity index (χ0) is 7.40. The molecule has 0 aliphatic carbocycles. The largest absolute Gasteiger partial charge is 0.475 e. The summed E-state index contributed by atoms with van der Waals surface area (Å²) in [7, 11) is 0. The van der Waals surface area contributed by atoms with Crippen LogP contribution in [0.2, 0.25) is 0 Å². The average molecular weight is 136 g/mol. The second-order valence-electron chi connectivity index (χ2n) is 2.10. The number of aromatic nitrogens is 1. The molecule has 0 aliphatic rings. The van der Waals surface area contributed by atoms with Gasteiger partial charge in [-0.25, -0.2) is 4.98 Å². The summed E-state index contributed by atoms with van der Waals surface area (Å²) in [5.74, 6) is 0.630. The summed E-state index contributed by atoms with van der Waals surface area (Å²) in [6.45, 7) is 5.54. The Morgan fingerprint density at radius 1 is 1.60 bits per heavy atom. The first-order valence-electron chi connectivity index (χ1n) is 3.20. The first-order valence-corrected chi connectivity index (χ1v) is 3.20. The van der Waals surface area contributed by atoms with Crippen LogP contribution >= 0.6 is 0 Å². The van der Waals surface area contributed by atoms with Crippen molar-refractivity contribution in [3.05, 3.63) is 31.3 Å². The Balaban J connectivity index is 2.59. The lowest BCUT2D eigenvalue weighted by Crippen LogP contribution is -2.06. The molecular formula is C8H10NO. The lowest BCUT2D eigenvalue weighted by molar-refractivity contribution is 0.257. The fourth-order valence-corrected chi connectivity index (χ4v) is 0.623. The van der Waals surface area contributed by atoms with E-state index in [1.165, 1.54) is 0 Å². The van der Waals surface area contributed by atoms with Crippen LogP contribution in [0.15, 0.2) is 24.4 Å². The molecule has 1 aromatic heterocycles. The monoisotopic (exact) mass is 136 g/mol. The fourth-order valence-electron chi connectivity index (χ4n) is 0.623. The number of nitrogens with zero attached hydrogens (tertiary/aromatic N) is 1. The lowest BCUT2D eigenvalue weighted by atomic mass is 10.4. The van der Waals surface area contributed by atoms with Gasteiger partial charge in [-0.3, -0.25) is 0 Å². The van der Waals surface area contributed by atoms with Crippen molar-refractivity contribution in [1.82, 2.24) is 4.98 Å². The number of rotatable bonds is 2. The molecule has 1 aromatic rings. The molecule has 1 heterocycles. The summed E-state index contributed by atoms with van der Waals surface area (Å²) in [5, 5.41) is 0. The molecule has 0 spiro atoms. The minimum Gasteiger partial charge on any atom is -0.475 e. The van der Waals surface area contributed by atoms with Crippen LogP contribution in [0.3, 0.4) is 0 Å². The van der Waals surface area contributed by atoms with Gasteiger partial charge in [-0.15, -0.1) is 0 Å². The van der Waals surface area contributed by atoms with E-state index in [1.54, 1.807) is 6.20 Å². The maximum absolute atomic E-state index is 5.19. The molecule has 0 bridgehead atoms. The van der Waals surface area contributed by atoms with Crippen LogP contribution in [0.4, 0.5) is 0 Å². The van der Waals surface area contributed by atoms with E-state index in [9.17, 15) is 0 Å². The Morgan fingerprint density at radius 2 is 2.40 bits per heavy atom. The Kier molecular flexibility index (Phi) is 2.26. The van der Waals surface area contributed by atoms with E-state index in [2.05, 4.69) is 11.9 Å². The van der Waals surface area contributed by atoms with E-state index in [0.29, 0.717) is 5.88 Å². The highest BCUT2D eigenvalue weighted by atomic mass is 16.5. The van der Waals surface area contributed by atoms with Crippen molar-refractivity contribution in [2.75, 3.05) is 0 Å². The highest BCUT2D eigenvalue weighted by Gasteiger charge is 1.94. The van der Waals surface area contributed by atoms with Crippen LogP contribution in [-0.2, 0) is 0 Å². The molecule has 10 heavy (non-hydrogen) atoms. The molecule has 0 fully saturated rings. The molecule has 2 heteroatoms. The number of pyridine rings is 1. The number of ether oxygens (including phenoxy) is 1. The lowest BCUT2D eigenvalue weighted by Gasteiger charge is -2.06. The highest BCUT2D eigenvalue weighted by molar-refractivity contribution is 5.09. The van der Waals surface area contributed by atoms with Crippen LogP contribution in [0.5, 0.6) is 5.88 Å². The van der Waals surface area contributed by atoms with Gasteiger partial charge < -0.3 is 4.74 Å². The van der Waals surface area contributed by atoms with E-state index in [1.807, 2.05) is 25.1 Å². The Labute approximate surface area is 60.9 Å². The third-order valence-corrected chi connectivity index (χ3v) is 0.960. The van der Waals surface area contributed by atoms with E-state index >= 15 is 0 Å². The number of hydrogen-bond donors (Lipinski definition) is 0. The molecular weight excluding hydrogens is 126 g/mol. The second-order valence-corrected chi connectivity index (χ2v) is 2.10. The summed E-state index contributed by atoms with van der Waals surface area (Å²) < 4.78 is 5.19. The van der Waals surface area contributed by atoms with E-state index in [-0.39, 0.29) is 6.10 Å². The van der Waals surface area contributed by atoms with Crippen molar-refractivity contribution in [3.8, 4) is 5.88 Å². The summed E-state index contributed by atoms with van der Waals surface area (Å²) in [4.78, 5) is 3.96. The normalized spacial score (nSPS) is 9.90. The highest BCUT2D eigenvalue weighted by Crippen LogP contribution is 2.04. The molecule has 0 saturated carbocycles. The van der Waals surface area contributed by atoms with Crippen LogP contribution in [0, 0.1) is 6.92 Å². The molecule has 1 rings (SSSR count). The topological polar surface area (TPSA) is 22.1 Å². The smallest absolute Gasteiger partial charge is 0.213 e. The Hall–Kier alpha value is -1.05. The first kappa shape index (κ1) is 7.06. The van der Waals surface area contributed by atoms with Gasteiger partial charge in [0.1, 0.15) is 0 Å². The van der Waals surface area contributed by atoms with Gasteiger partial charge >= 0.3 is 0 Å². The summed E-state index contributed by atoms with van der Waals surface area (Å²) in [5.41, 5.74) is 0. The second kappa shape index (κ2) is 3.20. The average Bonchev–Trinajstić information content (AvgIpc) is 1.88. The van der Waals surface area contributed by atoms with Gasteiger partial charge in [0, 0.05) is 12.3 Å². The predicted molar refractivity (Wildman–Crippen MR) is 39.7 cm³/mol. The van der Waals surface area contributed by atoms with Crippen LogP contribution in [0.25, 0.3) is 0 Å². The molecule has 1 atom stereocenters. The van der Waals surface area contributed by atoms with Gasteiger partial charge in [-0.1, -0.05) is 6.07 Å². The van der Waals surface area contributed by atoms with Crippen molar-refractivity contribution < 1.29 is 4.74 Å². The van der Waals surface area contributed by atoms with Gasteiger partial charge in [0.25, 0.3) is 0 Å². The molecule has 1 unspecified atom stereocenters. The van der Waals surface area contributed by atoms with E-state index in [0.717, 1.165) is 0 Å². The van der Waals surface area contributed by atoms with Crippen LogP contribution in [-0.4, -0.2) is 11.1 Å². The van der Waals surface area contributed by atoms with Gasteiger partial charge in [0.05, 0.1) is 6.10 Å². The molecule has 0 saturated heterocycles. The van der Waals surface area contributed by atoms with Crippen LogP contribution < -0.4 is 4.74 Å². The molecule has 0 aromatic carbocycles. The van der Waals surface area contributed by atoms with Crippen molar-refractivity contribution in [2.45, 2.75) is 13.0 Å². The predicted octanol–water partition coefficient (Wildman–Crippen LogP) is 1.68. The van der Waals surface area contributed by atoms with Gasteiger partial charge in [-0.05, 0) is 19.9 Å².